The zero-order valence-corrected chi connectivity index (χ0v) is 28.8. The summed E-state index contributed by atoms with van der Waals surface area (Å²) in [5.74, 6) is 0.533. The Labute approximate surface area is 281 Å². The van der Waals surface area contributed by atoms with Crippen LogP contribution in [-0.4, -0.2) is 20.2 Å². The Bertz CT molecular complexity index is 2050. The summed E-state index contributed by atoms with van der Waals surface area (Å²) in [5, 5.41) is 21.8. The number of hydrogen-bond donors (Lipinski definition) is 2. The van der Waals surface area contributed by atoms with Crippen molar-refractivity contribution in [3.63, 3.8) is 0 Å². The van der Waals surface area contributed by atoms with E-state index in [0.717, 1.165) is 63.8 Å². The molecule has 0 bridgehead atoms. The molecule has 214 valence electrons. The molecule has 0 aliphatic heterocycles. The van der Waals surface area contributed by atoms with Gasteiger partial charge in [-0.15, -0.1) is 22.7 Å². The average molecular weight is 672 g/mol. The van der Waals surface area contributed by atoms with Crippen LogP contribution in [0.5, 0.6) is 11.5 Å². The molecule has 0 atom stereocenters. The van der Waals surface area contributed by atoms with Gasteiger partial charge in [0.15, 0.2) is 0 Å². The van der Waals surface area contributed by atoms with Crippen LogP contribution in [0.4, 0.5) is 0 Å². The molecule has 0 aliphatic rings. The molecule has 2 aromatic heterocycles. The molecule has 8 rings (SSSR count). The number of hydrogen-bond acceptors (Lipinski definition) is 6. The van der Waals surface area contributed by atoms with E-state index in [4.69, 9.17) is 9.97 Å². The third kappa shape index (κ3) is 6.29. The van der Waals surface area contributed by atoms with Crippen molar-refractivity contribution in [2.24, 2.45) is 0 Å². The van der Waals surface area contributed by atoms with E-state index in [0.29, 0.717) is 0 Å². The third-order valence-corrected chi connectivity index (χ3v) is 9.38. The molecule has 7 heteroatoms. The van der Waals surface area contributed by atoms with E-state index < -0.39 is 0 Å². The first-order valence-corrected chi connectivity index (χ1v) is 15.8. The molecule has 2 heterocycles. The zero-order chi connectivity index (χ0) is 29.9. The molecule has 6 aromatic carbocycles. The molecule has 0 fully saturated rings. The first-order valence-electron chi connectivity index (χ1n) is 14.1. The summed E-state index contributed by atoms with van der Waals surface area (Å²) in [4.78, 5) is 9.56. The van der Waals surface area contributed by atoms with Gasteiger partial charge in [0.2, 0.25) is 0 Å². The van der Waals surface area contributed by atoms with Crippen LogP contribution in [0.3, 0.4) is 0 Å². The van der Waals surface area contributed by atoms with E-state index >= 15 is 0 Å². The second kappa shape index (κ2) is 13.5. The summed E-state index contributed by atoms with van der Waals surface area (Å²) in [6, 6.07) is 47.6. The number of phenols is 2. The van der Waals surface area contributed by atoms with E-state index in [1.165, 1.54) is 0 Å². The molecular formula is C38H26N2O2S2Zn. The van der Waals surface area contributed by atoms with Crippen molar-refractivity contribution in [3.05, 3.63) is 146 Å². The van der Waals surface area contributed by atoms with Crippen LogP contribution in [0.1, 0.15) is 0 Å². The second-order valence-corrected chi connectivity index (χ2v) is 12.2. The molecule has 8 aromatic rings. The maximum absolute atomic E-state index is 10.0. The van der Waals surface area contributed by atoms with Crippen LogP contribution < -0.4 is 0 Å². The van der Waals surface area contributed by atoms with Gasteiger partial charge in [-0.2, -0.15) is 0 Å². The molecule has 0 radical (unpaired) electrons. The monoisotopic (exact) mass is 670 g/mol. The number of fused-ring (bicyclic) bond motifs is 2. The van der Waals surface area contributed by atoms with Gasteiger partial charge in [0.1, 0.15) is 21.5 Å². The van der Waals surface area contributed by atoms with E-state index in [1.807, 2.05) is 72.8 Å². The van der Waals surface area contributed by atoms with Crippen LogP contribution in [-0.2, 0) is 19.5 Å². The van der Waals surface area contributed by atoms with Gasteiger partial charge >= 0.3 is 0 Å². The Morgan fingerprint density at radius 1 is 0.378 bits per heavy atom. The first kappa shape index (κ1) is 30.4. The largest absolute Gasteiger partial charge is 0.507 e. The van der Waals surface area contributed by atoms with Crippen molar-refractivity contribution < 1.29 is 29.7 Å². The van der Waals surface area contributed by atoms with Gasteiger partial charge in [0, 0.05) is 30.6 Å². The van der Waals surface area contributed by atoms with E-state index in [-0.39, 0.29) is 31.0 Å². The average Bonchev–Trinajstić information content (AvgIpc) is 3.71. The third-order valence-electron chi connectivity index (χ3n) is 7.28. The minimum atomic E-state index is 0. The standard InChI is InChI=1S/2C19H13NOS.Zn/c2*21-16-11-5-4-9-15(16)19-20-18-14(10-6-12-17(18)22-19)13-7-2-1-3-8-13;/h2*1-12,21H;. The predicted octanol–water partition coefficient (Wildman–Crippen LogP) is 10.7. The number of aromatic nitrogens is 2. The van der Waals surface area contributed by atoms with Crippen molar-refractivity contribution in [2.75, 3.05) is 0 Å². The van der Waals surface area contributed by atoms with Crippen molar-refractivity contribution in [3.8, 4) is 54.9 Å². The van der Waals surface area contributed by atoms with Crippen LogP contribution in [0.25, 0.3) is 63.8 Å². The molecule has 0 saturated heterocycles. The summed E-state index contributed by atoms with van der Waals surface area (Å²) < 4.78 is 2.25. The molecule has 4 nitrogen and oxygen atoms in total. The topological polar surface area (TPSA) is 66.2 Å². The van der Waals surface area contributed by atoms with Crippen LogP contribution >= 0.6 is 22.7 Å². The molecular weight excluding hydrogens is 646 g/mol. The molecule has 0 amide bonds. The van der Waals surface area contributed by atoms with E-state index in [2.05, 4.69) is 60.7 Å². The van der Waals surface area contributed by atoms with Crippen LogP contribution in [0.15, 0.2) is 146 Å². The fourth-order valence-electron chi connectivity index (χ4n) is 5.14. The van der Waals surface area contributed by atoms with Crippen molar-refractivity contribution in [1.82, 2.24) is 9.97 Å². The summed E-state index contributed by atoms with van der Waals surface area (Å²) in [7, 11) is 0. The fourth-order valence-corrected chi connectivity index (χ4v) is 7.19. The minimum Gasteiger partial charge on any atom is -0.507 e. The van der Waals surface area contributed by atoms with Gasteiger partial charge in [-0.3, -0.25) is 0 Å². The Kier molecular flexibility index (Phi) is 9.13. The number of rotatable bonds is 4. The Balaban J connectivity index is 0.000000155. The number of phenolic OH excluding ortho intramolecular Hbond substituents is 2. The quantitative estimate of drug-likeness (QED) is 0.183. The van der Waals surface area contributed by atoms with Gasteiger partial charge in [-0.25, -0.2) is 9.97 Å². The Hall–Kier alpha value is -4.68. The summed E-state index contributed by atoms with van der Waals surface area (Å²) >= 11 is 3.20. The summed E-state index contributed by atoms with van der Waals surface area (Å²) in [5.41, 5.74) is 8.08. The number of benzene rings is 6. The van der Waals surface area contributed by atoms with Crippen LogP contribution in [0, 0.1) is 0 Å². The van der Waals surface area contributed by atoms with Gasteiger partial charge in [0.05, 0.1) is 31.6 Å². The Morgan fingerprint density at radius 3 is 1.13 bits per heavy atom. The van der Waals surface area contributed by atoms with E-state index in [1.54, 1.807) is 34.8 Å². The summed E-state index contributed by atoms with van der Waals surface area (Å²) in [6.45, 7) is 0. The van der Waals surface area contributed by atoms with Crippen molar-refractivity contribution in [2.45, 2.75) is 0 Å². The fraction of sp³-hybridized carbons (Fsp3) is 0. The van der Waals surface area contributed by atoms with Gasteiger partial charge < -0.3 is 10.2 Å². The smallest absolute Gasteiger partial charge is 0.128 e. The summed E-state index contributed by atoms with van der Waals surface area (Å²) in [6.07, 6.45) is 0. The normalized spacial score (nSPS) is 10.7. The molecule has 0 aliphatic carbocycles. The molecule has 0 unspecified atom stereocenters. The first-order chi connectivity index (χ1) is 21.7. The minimum absolute atomic E-state index is 0. The number of aromatic hydroxyl groups is 2. The molecule has 45 heavy (non-hydrogen) atoms. The van der Waals surface area contributed by atoms with Gasteiger partial charge in [-0.1, -0.05) is 109 Å². The van der Waals surface area contributed by atoms with Gasteiger partial charge in [-0.05, 0) is 47.5 Å². The van der Waals surface area contributed by atoms with Crippen molar-refractivity contribution in [1.29, 1.82) is 0 Å². The molecule has 2 N–H and O–H groups in total. The number of nitrogens with zero attached hydrogens (tertiary/aromatic N) is 2. The SMILES string of the molecule is Oc1ccccc1-c1nc2c(-c3ccccc3)cccc2s1.Oc1ccccc1-c1nc2c(-c3ccccc3)cccc2s1.[Zn]. The van der Waals surface area contributed by atoms with Crippen molar-refractivity contribution >= 4 is 43.1 Å². The number of thiazole rings is 2. The second-order valence-electron chi connectivity index (χ2n) is 10.1. The maximum atomic E-state index is 10.0. The zero-order valence-electron chi connectivity index (χ0n) is 24.2. The maximum Gasteiger partial charge on any atom is 0.128 e. The van der Waals surface area contributed by atoms with Crippen LogP contribution in [0.2, 0.25) is 0 Å². The molecule has 0 spiro atoms. The predicted molar refractivity (Wildman–Crippen MR) is 184 cm³/mol. The van der Waals surface area contributed by atoms with E-state index in [9.17, 15) is 10.2 Å². The number of para-hydroxylation sites is 4. The Morgan fingerprint density at radius 2 is 0.733 bits per heavy atom. The molecule has 0 saturated carbocycles. The van der Waals surface area contributed by atoms with Gasteiger partial charge in [0.25, 0.3) is 0 Å².